The number of aromatic hydroxyl groups is 1. The van der Waals surface area contributed by atoms with E-state index in [-0.39, 0.29) is 0 Å². The minimum absolute atomic E-state index is 0.485. The molecule has 1 aromatic rings. The highest BCUT2D eigenvalue weighted by Crippen LogP contribution is 2.24. The molecule has 0 amide bonds. The number of phenolic OH excluding ortho intramolecular Hbond substituents is 1. The van der Waals surface area contributed by atoms with Crippen LogP contribution in [0.3, 0.4) is 0 Å². The first-order chi connectivity index (χ1) is 6.15. The van der Waals surface area contributed by atoms with E-state index in [4.69, 9.17) is 0 Å². The number of hydrogen-bond donors (Lipinski definition) is 1. The fourth-order valence-electron chi connectivity index (χ4n) is 1.61. The standard InChI is InChI=1S/C12H18O/c1-4-5-6-11-8-9(2)7-10(3)12(11)13/h7-8,13H,4-6H2,1-3H3. The van der Waals surface area contributed by atoms with Crippen LogP contribution in [0.4, 0.5) is 0 Å². The molecule has 0 atom stereocenters. The van der Waals surface area contributed by atoms with Crippen LogP contribution in [0.25, 0.3) is 0 Å². The van der Waals surface area contributed by atoms with Crippen molar-refractivity contribution in [3.63, 3.8) is 0 Å². The molecule has 0 spiro atoms. The van der Waals surface area contributed by atoms with Gasteiger partial charge in [-0.25, -0.2) is 0 Å². The number of unbranched alkanes of at least 4 members (excludes halogenated alkanes) is 1. The molecule has 0 aliphatic heterocycles. The molecule has 72 valence electrons. The molecule has 1 aromatic carbocycles. The molecule has 0 aliphatic carbocycles. The second-order valence-corrected chi connectivity index (χ2v) is 3.69. The summed E-state index contributed by atoms with van der Waals surface area (Å²) in [7, 11) is 0. The van der Waals surface area contributed by atoms with Crippen LogP contribution in [0.2, 0.25) is 0 Å². The van der Waals surface area contributed by atoms with Crippen molar-refractivity contribution < 1.29 is 5.11 Å². The minimum Gasteiger partial charge on any atom is -0.507 e. The summed E-state index contributed by atoms with van der Waals surface area (Å²) in [4.78, 5) is 0. The van der Waals surface area contributed by atoms with Gasteiger partial charge in [0.1, 0.15) is 5.75 Å². The maximum atomic E-state index is 9.75. The summed E-state index contributed by atoms with van der Waals surface area (Å²) in [5.74, 6) is 0.485. The molecule has 0 bridgehead atoms. The highest BCUT2D eigenvalue weighted by molar-refractivity contribution is 5.42. The van der Waals surface area contributed by atoms with Gasteiger partial charge in [0.15, 0.2) is 0 Å². The first kappa shape index (κ1) is 10.1. The molecule has 1 heteroatoms. The third kappa shape index (κ3) is 2.48. The fraction of sp³-hybridized carbons (Fsp3) is 0.500. The first-order valence-electron chi connectivity index (χ1n) is 4.94. The summed E-state index contributed by atoms with van der Waals surface area (Å²) in [5.41, 5.74) is 3.33. The predicted octanol–water partition coefficient (Wildman–Crippen LogP) is 3.35. The van der Waals surface area contributed by atoms with Crippen molar-refractivity contribution in [3.05, 3.63) is 28.8 Å². The topological polar surface area (TPSA) is 20.2 Å². The van der Waals surface area contributed by atoms with E-state index in [1.54, 1.807) is 0 Å². The number of aryl methyl sites for hydroxylation is 3. The number of benzene rings is 1. The third-order valence-corrected chi connectivity index (χ3v) is 2.32. The van der Waals surface area contributed by atoms with E-state index >= 15 is 0 Å². The van der Waals surface area contributed by atoms with Gasteiger partial charge in [-0.3, -0.25) is 0 Å². The van der Waals surface area contributed by atoms with Gasteiger partial charge in [0.25, 0.3) is 0 Å². The van der Waals surface area contributed by atoms with Gasteiger partial charge in [0.05, 0.1) is 0 Å². The van der Waals surface area contributed by atoms with E-state index in [0.717, 1.165) is 24.0 Å². The summed E-state index contributed by atoms with van der Waals surface area (Å²) < 4.78 is 0. The Hall–Kier alpha value is -0.980. The quantitative estimate of drug-likeness (QED) is 0.752. The molecule has 0 saturated carbocycles. The number of rotatable bonds is 3. The number of phenols is 1. The van der Waals surface area contributed by atoms with Crippen molar-refractivity contribution >= 4 is 0 Å². The van der Waals surface area contributed by atoms with E-state index in [0.29, 0.717) is 5.75 Å². The Morgan fingerprint density at radius 2 is 1.92 bits per heavy atom. The van der Waals surface area contributed by atoms with Crippen LogP contribution in [0.1, 0.15) is 36.5 Å². The molecular weight excluding hydrogens is 160 g/mol. The Labute approximate surface area is 80.4 Å². The lowest BCUT2D eigenvalue weighted by molar-refractivity contribution is 0.462. The van der Waals surface area contributed by atoms with Gasteiger partial charge in [-0.15, -0.1) is 0 Å². The molecule has 0 unspecified atom stereocenters. The van der Waals surface area contributed by atoms with E-state index in [1.807, 2.05) is 13.0 Å². The van der Waals surface area contributed by atoms with Gasteiger partial charge >= 0.3 is 0 Å². The molecule has 1 rings (SSSR count). The fourth-order valence-corrected chi connectivity index (χ4v) is 1.61. The molecule has 0 aliphatic rings. The van der Waals surface area contributed by atoms with E-state index in [2.05, 4.69) is 19.9 Å². The van der Waals surface area contributed by atoms with Crippen LogP contribution in [0.15, 0.2) is 12.1 Å². The SMILES string of the molecule is CCCCc1cc(C)cc(C)c1O. The van der Waals surface area contributed by atoms with Crippen LogP contribution in [0, 0.1) is 13.8 Å². The van der Waals surface area contributed by atoms with Gasteiger partial charge in [-0.05, 0) is 37.8 Å². The van der Waals surface area contributed by atoms with Crippen molar-refractivity contribution in [1.29, 1.82) is 0 Å². The van der Waals surface area contributed by atoms with Crippen LogP contribution in [-0.4, -0.2) is 5.11 Å². The smallest absolute Gasteiger partial charge is 0.121 e. The molecule has 0 aromatic heterocycles. The summed E-state index contributed by atoms with van der Waals surface area (Å²) in [5, 5.41) is 9.75. The highest BCUT2D eigenvalue weighted by atomic mass is 16.3. The molecule has 1 nitrogen and oxygen atoms in total. The summed E-state index contributed by atoms with van der Waals surface area (Å²) in [6.45, 7) is 6.19. The average molecular weight is 178 g/mol. The minimum atomic E-state index is 0.485. The molecule has 0 heterocycles. The van der Waals surface area contributed by atoms with Crippen molar-refractivity contribution in [2.24, 2.45) is 0 Å². The van der Waals surface area contributed by atoms with Crippen LogP contribution >= 0.6 is 0 Å². The van der Waals surface area contributed by atoms with Crippen LogP contribution < -0.4 is 0 Å². The predicted molar refractivity (Wildman–Crippen MR) is 56.2 cm³/mol. The third-order valence-electron chi connectivity index (χ3n) is 2.32. The van der Waals surface area contributed by atoms with Gasteiger partial charge in [0, 0.05) is 0 Å². The monoisotopic (exact) mass is 178 g/mol. The zero-order valence-corrected chi connectivity index (χ0v) is 8.72. The second-order valence-electron chi connectivity index (χ2n) is 3.69. The van der Waals surface area contributed by atoms with Gasteiger partial charge in [-0.2, -0.15) is 0 Å². The highest BCUT2D eigenvalue weighted by Gasteiger charge is 2.04. The van der Waals surface area contributed by atoms with E-state index in [1.165, 1.54) is 12.0 Å². The maximum Gasteiger partial charge on any atom is 0.121 e. The summed E-state index contributed by atoms with van der Waals surface area (Å²) in [6.07, 6.45) is 3.31. The first-order valence-corrected chi connectivity index (χ1v) is 4.94. The molecule has 0 fully saturated rings. The summed E-state index contributed by atoms with van der Waals surface area (Å²) in [6, 6.07) is 4.10. The normalized spacial score (nSPS) is 10.4. The molecular formula is C12H18O. The Morgan fingerprint density at radius 1 is 1.23 bits per heavy atom. The van der Waals surface area contributed by atoms with E-state index < -0.39 is 0 Å². The Kier molecular flexibility index (Phi) is 3.35. The van der Waals surface area contributed by atoms with Crippen molar-refractivity contribution in [1.82, 2.24) is 0 Å². The Morgan fingerprint density at radius 3 is 2.54 bits per heavy atom. The zero-order valence-electron chi connectivity index (χ0n) is 8.72. The van der Waals surface area contributed by atoms with Crippen molar-refractivity contribution in [2.45, 2.75) is 40.0 Å². The van der Waals surface area contributed by atoms with E-state index in [9.17, 15) is 5.11 Å². The summed E-state index contributed by atoms with van der Waals surface area (Å²) >= 11 is 0. The number of hydrogen-bond acceptors (Lipinski definition) is 1. The van der Waals surface area contributed by atoms with Crippen molar-refractivity contribution in [2.75, 3.05) is 0 Å². The Bertz CT molecular complexity index is 289. The van der Waals surface area contributed by atoms with Crippen LogP contribution in [-0.2, 0) is 6.42 Å². The van der Waals surface area contributed by atoms with Gasteiger partial charge in [-0.1, -0.05) is 31.0 Å². The molecule has 0 radical (unpaired) electrons. The molecule has 1 N–H and O–H groups in total. The largest absolute Gasteiger partial charge is 0.507 e. The van der Waals surface area contributed by atoms with Gasteiger partial charge < -0.3 is 5.11 Å². The Balaban J connectivity index is 2.92. The lowest BCUT2D eigenvalue weighted by Crippen LogP contribution is -1.89. The van der Waals surface area contributed by atoms with Crippen LogP contribution in [0.5, 0.6) is 5.75 Å². The van der Waals surface area contributed by atoms with Gasteiger partial charge in [0.2, 0.25) is 0 Å². The average Bonchev–Trinajstić information content (AvgIpc) is 2.09. The lowest BCUT2D eigenvalue weighted by atomic mass is 10.0. The maximum absolute atomic E-state index is 9.75. The zero-order chi connectivity index (χ0) is 9.84. The molecule has 13 heavy (non-hydrogen) atoms. The van der Waals surface area contributed by atoms with Crippen molar-refractivity contribution in [3.8, 4) is 5.75 Å². The lowest BCUT2D eigenvalue weighted by Gasteiger charge is -2.08. The second kappa shape index (κ2) is 4.31. The molecule has 0 saturated heterocycles.